The summed E-state index contributed by atoms with van der Waals surface area (Å²) in [6, 6.07) is 18.9. The zero-order valence-electron chi connectivity index (χ0n) is 13.2. The molecule has 0 aromatic heterocycles. The Bertz CT molecular complexity index is 505. The molecule has 0 aliphatic heterocycles. The monoisotopic (exact) mass is 282 g/mol. The molecule has 0 atom stereocenters. The van der Waals surface area contributed by atoms with Gasteiger partial charge in [0.2, 0.25) is 0 Å². The molecule has 0 aliphatic rings. The smallest absolute Gasteiger partial charge is 0.0385 e. The molecule has 21 heavy (non-hydrogen) atoms. The number of para-hydroxylation sites is 1. The molecule has 2 rings (SSSR count). The van der Waals surface area contributed by atoms with Crippen molar-refractivity contribution in [2.24, 2.45) is 0 Å². The van der Waals surface area contributed by atoms with Crippen LogP contribution in [0.3, 0.4) is 0 Å². The molecule has 2 heteroatoms. The number of hydrogen-bond donors (Lipinski definition) is 1. The Morgan fingerprint density at radius 3 is 2.14 bits per heavy atom. The van der Waals surface area contributed by atoms with Gasteiger partial charge in [-0.25, -0.2) is 0 Å². The van der Waals surface area contributed by atoms with Crippen LogP contribution in [0, 0.1) is 0 Å². The lowest BCUT2D eigenvalue weighted by Gasteiger charge is -2.19. The normalized spacial score (nSPS) is 10.4. The molecule has 0 spiro atoms. The van der Waals surface area contributed by atoms with Crippen LogP contribution < -0.4 is 10.2 Å². The molecule has 2 aromatic carbocycles. The predicted molar refractivity (Wildman–Crippen MR) is 93.6 cm³/mol. The van der Waals surface area contributed by atoms with Crippen LogP contribution in [0.2, 0.25) is 0 Å². The standard InChI is InChI=1S/C19H26N2/c1-3-4-5-9-16-21(2)19-14-12-18(13-15-19)20-17-10-7-6-8-11-17/h6-8,10-15,20H,3-5,9,16H2,1-2H3. The minimum Gasteiger partial charge on any atom is -0.375 e. The van der Waals surface area contributed by atoms with Crippen LogP contribution in [0.4, 0.5) is 17.1 Å². The molecule has 112 valence electrons. The number of hydrogen-bond acceptors (Lipinski definition) is 2. The molecule has 0 unspecified atom stereocenters. The van der Waals surface area contributed by atoms with Crippen molar-refractivity contribution in [1.29, 1.82) is 0 Å². The number of nitrogens with zero attached hydrogens (tertiary/aromatic N) is 1. The van der Waals surface area contributed by atoms with Crippen molar-refractivity contribution in [2.75, 3.05) is 23.8 Å². The summed E-state index contributed by atoms with van der Waals surface area (Å²) in [4.78, 5) is 2.34. The van der Waals surface area contributed by atoms with Crippen molar-refractivity contribution >= 4 is 17.1 Å². The Morgan fingerprint density at radius 1 is 0.810 bits per heavy atom. The van der Waals surface area contributed by atoms with Gasteiger partial charge in [-0.3, -0.25) is 0 Å². The zero-order valence-corrected chi connectivity index (χ0v) is 13.2. The van der Waals surface area contributed by atoms with Crippen molar-refractivity contribution < 1.29 is 0 Å². The van der Waals surface area contributed by atoms with Gasteiger partial charge in [-0.15, -0.1) is 0 Å². The fourth-order valence-electron chi connectivity index (χ4n) is 2.39. The van der Waals surface area contributed by atoms with E-state index in [0.717, 1.165) is 17.9 Å². The maximum atomic E-state index is 3.41. The highest BCUT2D eigenvalue weighted by molar-refractivity contribution is 5.62. The number of unbranched alkanes of at least 4 members (excludes halogenated alkanes) is 3. The van der Waals surface area contributed by atoms with Crippen molar-refractivity contribution in [3.63, 3.8) is 0 Å². The SMILES string of the molecule is CCCCCCN(C)c1ccc(Nc2ccccc2)cc1. The molecule has 0 fully saturated rings. The van der Waals surface area contributed by atoms with Crippen LogP contribution in [0.1, 0.15) is 32.6 Å². The van der Waals surface area contributed by atoms with Crippen molar-refractivity contribution in [3.05, 3.63) is 54.6 Å². The fraction of sp³-hybridized carbons (Fsp3) is 0.368. The predicted octanol–water partition coefficient (Wildman–Crippen LogP) is 5.45. The molecule has 0 heterocycles. The molecule has 2 aromatic rings. The van der Waals surface area contributed by atoms with Gasteiger partial charge in [0.25, 0.3) is 0 Å². The van der Waals surface area contributed by atoms with E-state index in [1.807, 2.05) is 18.2 Å². The van der Waals surface area contributed by atoms with E-state index in [-0.39, 0.29) is 0 Å². The van der Waals surface area contributed by atoms with Gasteiger partial charge in [0.15, 0.2) is 0 Å². The van der Waals surface area contributed by atoms with E-state index in [1.165, 1.54) is 31.4 Å². The van der Waals surface area contributed by atoms with Gasteiger partial charge in [-0.2, -0.15) is 0 Å². The Labute approximate surface area is 128 Å². The minimum atomic E-state index is 1.12. The number of nitrogens with one attached hydrogen (secondary N) is 1. The molecular formula is C19H26N2. The maximum Gasteiger partial charge on any atom is 0.0385 e. The van der Waals surface area contributed by atoms with Crippen LogP contribution in [-0.4, -0.2) is 13.6 Å². The van der Waals surface area contributed by atoms with E-state index in [1.54, 1.807) is 0 Å². The maximum absolute atomic E-state index is 3.41. The lowest BCUT2D eigenvalue weighted by Crippen LogP contribution is -2.18. The van der Waals surface area contributed by atoms with E-state index < -0.39 is 0 Å². The van der Waals surface area contributed by atoms with E-state index in [4.69, 9.17) is 0 Å². The first-order chi connectivity index (χ1) is 10.3. The number of anilines is 3. The summed E-state index contributed by atoms with van der Waals surface area (Å²) >= 11 is 0. The average molecular weight is 282 g/mol. The summed E-state index contributed by atoms with van der Waals surface area (Å²) < 4.78 is 0. The van der Waals surface area contributed by atoms with Crippen molar-refractivity contribution in [3.8, 4) is 0 Å². The van der Waals surface area contributed by atoms with E-state index in [0.29, 0.717) is 0 Å². The molecule has 0 saturated carbocycles. The molecule has 0 bridgehead atoms. The molecule has 0 aliphatic carbocycles. The molecule has 0 saturated heterocycles. The first kappa shape index (κ1) is 15.4. The summed E-state index contributed by atoms with van der Waals surface area (Å²) in [7, 11) is 2.17. The first-order valence-corrected chi connectivity index (χ1v) is 7.93. The van der Waals surface area contributed by atoms with Crippen molar-refractivity contribution in [1.82, 2.24) is 0 Å². The molecular weight excluding hydrogens is 256 g/mol. The van der Waals surface area contributed by atoms with Crippen molar-refractivity contribution in [2.45, 2.75) is 32.6 Å². The third-order valence-corrected chi connectivity index (χ3v) is 3.72. The van der Waals surface area contributed by atoms with Crippen LogP contribution >= 0.6 is 0 Å². The third kappa shape index (κ3) is 5.14. The first-order valence-electron chi connectivity index (χ1n) is 7.93. The second-order valence-corrected chi connectivity index (χ2v) is 5.52. The lowest BCUT2D eigenvalue weighted by molar-refractivity contribution is 0.661. The zero-order chi connectivity index (χ0) is 14.9. The van der Waals surface area contributed by atoms with Gasteiger partial charge in [-0.1, -0.05) is 44.4 Å². The quantitative estimate of drug-likeness (QED) is 0.648. The van der Waals surface area contributed by atoms with Gasteiger partial charge in [0, 0.05) is 30.7 Å². The molecule has 2 nitrogen and oxygen atoms in total. The highest BCUT2D eigenvalue weighted by Crippen LogP contribution is 2.20. The number of rotatable bonds is 8. The van der Waals surface area contributed by atoms with E-state index in [9.17, 15) is 0 Å². The molecule has 0 radical (unpaired) electrons. The van der Waals surface area contributed by atoms with Crippen LogP contribution in [0.5, 0.6) is 0 Å². The highest BCUT2D eigenvalue weighted by Gasteiger charge is 2.01. The fourth-order valence-corrected chi connectivity index (χ4v) is 2.39. The van der Waals surface area contributed by atoms with Gasteiger partial charge < -0.3 is 10.2 Å². The molecule has 1 N–H and O–H groups in total. The van der Waals surface area contributed by atoms with Gasteiger partial charge in [0.1, 0.15) is 0 Å². The third-order valence-electron chi connectivity index (χ3n) is 3.72. The Balaban J connectivity index is 1.86. The van der Waals surface area contributed by atoms with Gasteiger partial charge >= 0.3 is 0 Å². The lowest BCUT2D eigenvalue weighted by atomic mass is 10.2. The Kier molecular flexibility index (Phi) is 6.14. The Morgan fingerprint density at radius 2 is 1.48 bits per heavy atom. The molecule has 0 amide bonds. The minimum absolute atomic E-state index is 1.12. The van der Waals surface area contributed by atoms with Crippen LogP contribution in [0.25, 0.3) is 0 Å². The van der Waals surface area contributed by atoms with Crippen LogP contribution in [-0.2, 0) is 0 Å². The largest absolute Gasteiger partial charge is 0.375 e. The van der Waals surface area contributed by atoms with Gasteiger partial charge in [0.05, 0.1) is 0 Å². The van der Waals surface area contributed by atoms with Crippen LogP contribution in [0.15, 0.2) is 54.6 Å². The average Bonchev–Trinajstić information content (AvgIpc) is 2.53. The summed E-state index contributed by atoms with van der Waals surface area (Å²) in [6.45, 7) is 3.38. The second-order valence-electron chi connectivity index (χ2n) is 5.52. The van der Waals surface area contributed by atoms with E-state index in [2.05, 4.69) is 60.6 Å². The van der Waals surface area contributed by atoms with Gasteiger partial charge in [-0.05, 0) is 42.8 Å². The Hall–Kier alpha value is -1.96. The topological polar surface area (TPSA) is 15.3 Å². The summed E-state index contributed by atoms with van der Waals surface area (Å²) in [5.74, 6) is 0. The summed E-state index contributed by atoms with van der Waals surface area (Å²) in [5, 5.41) is 3.41. The highest BCUT2D eigenvalue weighted by atomic mass is 15.1. The number of benzene rings is 2. The van der Waals surface area contributed by atoms with E-state index >= 15 is 0 Å². The summed E-state index contributed by atoms with van der Waals surface area (Å²) in [6.07, 6.45) is 5.24. The second kappa shape index (κ2) is 8.35. The summed E-state index contributed by atoms with van der Waals surface area (Å²) in [5.41, 5.74) is 3.53.